The van der Waals surface area contributed by atoms with Crippen molar-refractivity contribution < 1.29 is 0 Å². The Labute approximate surface area is 195 Å². The summed E-state index contributed by atoms with van der Waals surface area (Å²) < 4.78 is 1.25. The third-order valence-electron chi connectivity index (χ3n) is 7.81. The molecule has 1 aromatic carbocycles. The largest absolute Gasteiger partial charge is 0.300 e. The maximum atomic E-state index is 4.01. The molecule has 1 nitrogen and oxygen atoms in total. The molecule has 0 amide bonds. The lowest BCUT2D eigenvalue weighted by molar-refractivity contribution is 0.168. The lowest BCUT2D eigenvalue weighted by atomic mass is 9.73. The molecule has 0 saturated heterocycles. The summed E-state index contributed by atoms with van der Waals surface area (Å²) >= 11 is 3.78. The first kappa shape index (κ1) is 25.7. The van der Waals surface area contributed by atoms with Crippen LogP contribution in [0, 0.1) is 25.7 Å². The average Bonchev–Trinajstić information content (AvgIpc) is 3.55. The molecular formula is C28H46BrN. The van der Waals surface area contributed by atoms with Crippen molar-refractivity contribution in [2.75, 3.05) is 13.1 Å². The Hall–Kier alpha value is -0.600. The standard InChI is InChI=1S/C28H46BrN/c1-8-24(9-2)13-11-12-22(5)30(20-25-15-16-25)19-18-28(7,10-3)27-21(4)14-17-26(29)23(27)6/h8,14,17,22,24-25H,1,9-13,15-16,18-20H2,2-7H3/t22?,24-,28?/m0/s1. The van der Waals surface area contributed by atoms with E-state index < -0.39 is 0 Å². The average molecular weight is 477 g/mol. The van der Waals surface area contributed by atoms with E-state index in [9.17, 15) is 0 Å². The lowest BCUT2D eigenvalue weighted by Crippen LogP contribution is -2.39. The quantitative estimate of drug-likeness (QED) is 0.243. The summed E-state index contributed by atoms with van der Waals surface area (Å²) in [6.07, 6.45) is 12.6. The number of nitrogens with zero attached hydrogens (tertiary/aromatic N) is 1. The van der Waals surface area contributed by atoms with Gasteiger partial charge in [-0.25, -0.2) is 0 Å². The molecule has 0 aromatic heterocycles. The second-order valence-corrected chi connectivity index (χ2v) is 11.0. The minimum Gasteiger partial charge on any atom is -0.300 e. The molecule has 2 heteroatoms. The van der Waals surface area contributed by atoms with E-state index in [0.29, 0.717) is 12.0 Å². The predicted molar refractivity (Wildman–Crippen MR) is 137 cm³/mol. The first-order valence-electron chi connectivity index (χ1n) is 12.4. The molecule has 1 aromatic rings. The predicted octanol–water partition coefficient (Wildman–Crippen LogP) is 8.61. The fourth-order valence-corrected chi connectivity index (χ4v) is 5.42. The highest BCUT2D eigenvalue weighted by atomic mass is 79.9. The number of aryl methyl sites for hydroxylation is 1. The Bertz CT molecular complexity index is 677. The van der Waals surface area contributed by atoms with Crippen molar-refractivity contribution in [1.82, 2.24) is 4.90 Å². The fraction of sp³-hybridized carbons (Fsp3) is 0.714. The summed E-state index contributed by atoms with van der Waals surface area (Å²) in [6.45, 7) is 20.7. The molecule has 30 heavy (non-hydrogen) atoms. The monoisotopic (exact) mass is 475 g/mol. The summed E-state index contributed by atoms with van der Waals surface area (Å²) in [5, 5.41) is 0. The first-order valence-corrected chi connectivity index (χ1v) is 13.2. The highest BCUT2D eigenvalue weighted by Crippen LogP contribution is 2.39. The molecule has 0 N–H and O–H groups in total. The van der Waals surface area contributed by atoms with Gasteiger partial charge in [0.15, 0.2) is 0 Å². The smallest absolute Gasteiger partial charge is 0.0207 e. The fourth-order valence-electron chi connectivity index (χ4n) is 5.09. The summed E-state index contributed by atoms with van der Waals surface area (Å²) in [4.78, 5) is 2.82. The summed E-state index contributed by atoms with van der Waals surface area (Å²) in [7, 11) is 0. The van der Waals surface area contributed by atoms with Crippen molar-refractivity contribution in [2.24, 2.45) is 11.8 Å². The Balaban J connectivity index is 2.06. The third kappa shape index (κ3) is 6.95. The SMILES string of the molecule is C=C[C@@H](CC)CCCC(C)N(CCC(C)(CC)c1c(C)ccc(Br)c1C)CC1CC1. The van der Waals surface area contributed by atoms with E-state index in [1.807, 2.05) is 0 Å². The van der Waals surface area contributed by atoms with Gasteiger partial charge in [0.25, 0.3) is 0 Å². The van der Waals surface area contributed by atoms with Crippen LogP contribution in [0.5, 0.6) is 0 Å². The molecule has 2 unspecified atom stereocenters. The van der Waals surface area contributed by atoms with E-state index in [0.717, 1.165) is 5.92 Å². The molecule has 1 aliphatic carbocycles. The van der Waals surface area contributed by atoms with Crippen LogP contribution < -0.4 is 0 Å². The van der Waals surface area contributed by atoms with Crippen LogP contribution in [0.2, 0.25) is 0 Å². The van der Waals surface area contributed by atoms with E-state index in [-0.39, 0.29) is 5.41 Å². The lowest BCUT2D eigenvalue weighted by Gasteiger charge is -2.37. The van der Waals surface area contributed by atoms with Crippen LogP contribution in [0.3, 0.4) is 0 Å². The van der Waals surface area contributed by atoms with E-state index in [1.165, 1.54) is 80.1 Å². The molecule has 1 aliphatic rings. The zero-order chi connectivity index (χ0) is 22.3. The summed E-state index contributed by atoms with van der Waals surface area (Å²) in [5.74, 6) is 1.64. The van der Waals surface area contributed by atoms with Gasteiger partial charge >= 0.3 is 0 Å². The van der Waals surface area contributed by atoms with Gasteiger partial charge in [0, 0.05) is 17.1 Å². The molecule has 0 aliphatic heterocycles. The Kier molecular flexibility index (Phi) is 10.1. The summed E-state index contributed by atoms with van der Waals surface area (Å²) in [5.41, 5.74) is 4.67. The van der Waals surface area contributed by atoms with Gasteiger partial charge in [-0.15, -0.1) is 6.58 Å². The van der Waals surface area contributed by atoms with Crippen LogP contribution in [0.4, 0.5) is 0 Å². The van der Waals surface area contributed by atoms with Crippen molar-refractivity contribution in [3.8, 4) is 0 Å². The minimum atomic E-state index is 0.232. The van der Waals surface area contributed by atoms with Gasteiger partial charge < -0.3 is 4.90 Å². The van der Waals surface area contributed by atoms with Crippen LogP contribution in [-0.4, -0.2) is 24.0 Å². The summed E-state index contributed by atoms with van der Waals surface area (Å²) in [6, 6.07) is 5.17. The minimum absolute atomic E-state index is 0.232. The Morgan fingerprint density at radius 1 is 1.23 bits per heavy atom. The van der Waals surface area contributed by atoms with Crippen molar-refractivity contribution in [3.05, 3.63) is 46.0 Å². The number of allylic oxidation sites excluding steroid dienone is 1. The van der Waals surface area contributed by atoms with Gasteiger partial charge in [0.05, 0.1) is 0 Å². The van der Waals surface area contributed by atoms with Crippen molar-refractivity contribution >= 4 is 15.9 Å². The van der Waals surface area contributed by atoms with Gasteiger partial charge in [-0.3, -0.25) is 0 Å². The molecule has 1 fully saturated rings. The van der Waals surface area contributed by atoms with Crippen molar-refractivity contribution in [2.45, 2.75) is 104 Å². The van der Waals surface area contributed by atoms with Crippen LogP contribution in [-0.2, 0) is 5.41 Å². The molecule has 3 atom stereocenters. The van der Waals surface area contributed by atoms with E-state index in [1.54, 1.807) is 5.56 Å². The van der Waals surface area contributed by atoms with E-state index >= 15 is 0 Å². The van der Waals surface area contributed by atoms with Crippen LogP contribution in [0.25, 0.3) is 0 Å². The number of hydrogen-bond donors (Lipinski definition) is 0. The molecule has 2 rings (SSSR count). The number of rotatable bonds is 14. The second-order valence-electron chi connectivity index (χ2n) is 10.2. The Morgan fingerprint density at radius 3 is 2.50 bits per heavy atom. The van der Waals surface area contributed by atoms with Gasteiger partial charge in [0.1, 0.15) is 0 Å². The van der Waals surface area contributed by atoms with Crippen molar-refractivity contribution in [1.29, 1.82) is 0 Å². The van der Waals surface area contributed by atoms with E-state index in [2.05, 4.69) is 87.2 Å². The van der Waals surface area contributed by atoms with E-state index in [4.69, 9.17) is 0 Å². The van der Waals surface area contributed by atoms with Gasteiger partial charge in [-0.2, -0.15) is 0 Å². The van der Waals surface area contributed by atoms with Crippen LogP contribution >= 0.6 is 15.9 Å². The number of hydrogen-bond acceptors (Lipinski definition) is 1. The second kappa shape index (κ2) is 11.9. The van der Waals surface area contributed by atoms with Crippen LogP contribution in [0.1, 0.15) is 95.8 Å². The zero-order valence-corrected chi connectivity index (χ0v) is 22.2. The number of halogens is 1. The molecule has 0 heterocycles. The molecule has 0 spiro atoms. The van der Waals surface area contributed by atoms with Gasteiger partial charge in [-0.05, 0) is 112 Å². The molecule has 1 saturated carbocycles. The highest BCUT2D eigenvalue weighted by Gasteiger charge is 2.32. The third-order valence-corrected chi connectivity index (χ3v) is 8.67. The normalized spacial score (nSPS) is 18.3. The van der Waals surface area contributed by atoms with Crippen molar-refractivity contribution in [3.63, 3.8) is 0 Å². The topological polar surface area (TPSA) is 3.24 Å². The molecule has 0 radical (unpaired) electrons. The van der Waals surface area contributed by atoms with Gasteiger partial charge in [0.2, 0.25) is 0 Å². The maximum absolute atomic E-state index is 4.01. The zero-order valence-electron chi connectivity index (χ0n) is 20.6. The first-order chi connectivity index (χ1) is 14.3. The Morgan fingerprint density at radius 2 is 1.93 bits per heavy atom. The highest BCUT2D eigenvalue weighted by molar-refractivity contribution is 9.10. The number of benzene rings is 1. The molecule has 170 valence electrons. The maximum Gasteiger partial charge on any atom is 0.0207 e. The van der Waals surface area contributed by atoms with Gasteiger partial charge in [-0.1, -0.05) is 55.3 Å². The molecule has 0 bridgehead atoms. The van der Waals surface area contributed by atoms with Crippen LogP contribution in [0.15, 0.2) is 29.3 Å². The molecular weight excluding hydrogens is 430 g/mol.